The average molecular weight is 622 g/mol. The summed E-state index contributed by atoms with van der Waals surface area (Å²) in [6, 6.07) is 9.05. The van der Waals surface area contributed by atoms with Gasteiger partial charge in [0.25, 0.3) is 0 Å². The molecule has 2 fully saturated rings. The fourth-order valence-corrected chi connectivity index (χ4v) is 3.10. The van der Waals surface area contributed by atoms with E-state index in [0.29, 0.717) is 12.3 Å². The summed E-state index contributed by atoms with van der Waals surface area (Å²) in [5.74, 6) is -0.366. The van der Waals surface area contributed by atoms with Crippen LogP contribution in [0.3, 0.4) is 0 Å². The van der Waals surface area contributed by atoms with E-state index in [9.17, 15) is 15.3 Å². The van der Waals surface area contributed by atoms with E-state index in [1.165, 1.54) is 0 Å². The molecule has 6 N–H and O–H groups in total. The molecule has 0 aromatic heterocycles. The molecule has 27 heavy (non-hydrogen) atoms. The van der Waals surface area contributed by atoms with Crippen LogP contribution in [-0.4, -0.2) is 76.7 Å². The Morgan fingerprint density at radius 1 is 1.11 bits per heavy atom. The number of benzene rings is 1. The number of aliphatic hydroxyl groups excluding tert-OH is 5. The SMILES string of the molecule is OCC[C@H](C(O)Nc1ccccc1)[C@@H](O)CO.O[C@H]1CO[C@H]2OCC[C@H]21.[Cf]. The maximum absolute atomic E-state index is 9.90. The second-order valence-corrected chi connectivity index (χ2v) is 6.47. The van der Waals surface area contributed by atoms with E-state index in [1.807, 2.05) is 18.2 Å². The van der Waals surface area contributed by atoms with Crippen LogP contribution in [0.5, 0.6) is 0 Å². The van der Waals surface area contributed by atoms with E-state index < -0.39 is 24.9 Å². The van der Waals surface area contributed by atoms with Gasteiger partial charge in [0.05, 0.1) is 32.0 Å². The Morgan fingerprint density at radius 3 is 2.41 bits per heavy atom. The molecule has 158 valence electrons. The third-order valence-corrected chi connectivity index (χ3v) is 4.65. The Hall–Kier alpha value is -2.26. The molecule has 0 aliphatic carbocycles. The molecule has 1 aromatic carbocycles. The molecular formula is C18H29CfNO7. The summed E-state index contributed by atoms with van der Waals surface area (Å²) in [6.45, 7) is 0.592. The van der Waals surface area contributed by atoms with Gasteiger partial charge < -0.3 is 40.3 Å². The summed E-state index contributed by atoms with van der Waals surface area (Å²) in [5, 5.41) is 49.2. The first kappa shape index (κ1) is 22.8. The van der Waals surface area contributed by atoms with E-state index in [0.717, 1.165) is 13.0 Å². The van der Waals surface area contributed by atoms with Gasteiger partial charge in [-0.25, -0.2) is 0 Å². The van der Waals surface area contributed by atoms with Crippen LogP contribution in [0.2, 0.25) is 0 Å². The third-order valence-electron chi connectivity index (χ3n) is 4.65. The summed E-state index contributed by atoms with van der Waals surface area (Å²) in [4.78, 5) is 0. The molecule has 9 heteroatoms. The Kier molecular flexibility index (Phi) is 9.66. The first-order chi connectivity index (χ1) is 12.6. The molecule has 0 amide bonds. The molecule has 1 aromatic rings. The minimum absolute atomic E-state index is 0. The number of hydrogen-bond acceptors (Lipinski definition) is 8. The second-order valence-electron chi connectivity index (χ2n) is 6.47. The minimum Gasteiger partial charge on any atom is -0.396 e. The molecule has 3 rings (SSSR count). The molecule has 0 radical (unpaired) electrons. The smallest absolute Gasteiger partial charge is 0.163 e. The van der Waals surface area contributed by atoms with E-state index >= 15 is 0 Å². The van der Waals surface area contributed by atoms with Gasteiger partial charge in [0.2, 0.25) is 0 Å². The van der Waals surface area contributed by atoms with E-state index in [2.05, 4.69) is 5.32 Å². The molecule has 1 unspecified atom stereocenters. The molecular weight excluding hydrogens is 593 g/mol. The van der Waals surface area contributed by atoms with E-state index in [-0.39, 0.29) is 31.3 Å². The maximum atomic E-state index is 9.90. The molecule has 2 saturated heterocycles. The molecule has 6 atom stereocenters. The van der Waals surface area contributed by atoms with Crippen LogP contribution >= 0.6 is 0 Å². The Labute approximate surface area is 153 Å². The summed E-state index contributed by atoms with van der Waals surface area (Å²) in [5.41, 5.74) is 0.716. The van der Waals surface area contributed by atoms with Gasteiger partial charge >= 0.3 is 0 Å². The minimum atomic E-state index is -1.06. The zero-order valence-electron chi connectivity index (χ0n) is 15.0. The van der Waals surface area contributed by atoms with Crippen molar-refractivity contribution in [1.29, 1.82) is 0 Å². The number of hydrogen-bond donors (Lipinski definition) is 6. The number of nitrogens with one attached hydrogen (secondary N) is 1. The fourth-order valence-electron chi connectivity index (χ4n) is 3.10. The van der Waals surface area contributed by atoms with Crippen molar-refractivity contribution in [2.24, 2.45) is 11.8 Å². The number of para-hydroxylation sites is 1. The van der Waals surface area contributed by atoms with Crippen LogP contribution < -0.4 is 5.32 Å². The van der Waals surface area contributed by atoms with Crippen LogP contribution in [0, 0.1) is 11.8 Å². The summed E-state index contributed by atoms with van der Waals surface area (Å²) in [7, 11) is 0. The van der Waals surface area contributed by atoms with Crippen molar-refractivity contribution in [2.75, 3.05) is 31.7 Å². The number of anilines is 1. The van der Waals surface area contributed by atoms with Crippen LogP contribution in [0.15, 0.2) is 30.3 Å². The van der Waals surface area contributed by atoms with Gasteiger partial charge in [0.15, 0.2) is 6.29 Å². The molecule has 0 saturated carbocycles. The van der Waals surface area contributed by atoms with Crippen LogP contribution in [0.1, 0.15) is 12.8 Å². The normalized spacial score (nSPS) is 26.8. The van der Waals surface area contributed by atoms with Crippen molar-refractivity contribution in [3.05, 3.63) is 30.3 Å². The standard InChI is InChI=1S/C12H19NO4.C6H10O3.Cf/c14-7-6-10(11(16)8-15)12(17)13-9-4-2-1-3-5-9;7-5-3-9-6-4(5)1-2-8-6;/h1-5,10-17H,6-8H2;4-7H,1-3H2;/t10-,11-,12?;4-,5-,6+;/m00./s1. The van der Waals surface area contributed by atoms with Crippen molar-refractivity contribution in [1.82, 2.24) is 0 Å². The topological polar surface area (TPSA) is 132 Å². The number of rotatable bonds is 7. The van der Waals surface area contributed by atoms with Crippen LogP contribution in [-0.2, 0) is 9.47 Å². The van der Waals surface area contributed by atoms with E-state index in [1.54, 1.807) is 12.1 Å². The fraction of sp³-hybridized carbons (Fsp3) is 0.667. The van der Waals surface area contributed by atoms with Gasteiger partial charge in [0, 0.05) is 24.1 Å². The van der Waals surface area contributed by atoms with E-state index in [4.69, 9.17) is 19.7 Å². The molecule has 2 heterocycles. The maximum Gasteiger partial charge on any atom is 0.163 e. The van der Waals surface area contributed by atoms with Crippen LogP contribution in [0.25, 0.3) is 0 Å². The van der Waals surface area contributed by atoms with Gasteiger partial charge in [-0.1, -0.05) is 18.2 Å². The second kappa shape index (κ2) is 11.5. The number of ether oxygens (including phenoxy) is 2. The van der Waals surface area contributed by atoms with Gasteiger partial charge in [-0.3, -0.25) is 0 Å². The number of aliphatic hydroxyl groups is 5. The Balaban J connectivity index is 0.000000304. The molecule has 2 aliphatic heterocycles. The van der Waals surface area contributed by atoms with Gasteiger partial charge in [-0.05, 0) is 25.0 Å². The van der Waals surface area contributed by atoms with Crippen molar-refractivity contribution < 1.29 is 35.0 Å². The molecule has 0 bridgehead atoms. The summed E-state index contributed by atoms with van der Waals surface area (Å²) < 4.78 is 10.3. The predicted octanol–water partition coefficient (Wildman–Crippen LogP) is -0.491. The molecule has 2 aliphatic rings. The Morgan fingerprint density at radius 2 is 1.81 bits per heavy atom. The Bertz CT molecular complexity index is 510. The summed E-state index contributed by atoms with van der Waals surface area (Å²) >= 11 is 0. The van der Waals surface area contributed by atoms with Crippen molar-refractivity contribution in [2.45, 2.75) is 37.6 Å². The quantitative estimate of drug-likeness (QED) is 0.225. The zero-order valence-corrected chi connectivity index (χ0v) is 17.6. The molecule has 8 nitrogen and oxygen atoms in total. The first-order valence-electron chi connectivity index (χ1n) is 8.87. The van der Waals surface area contributed by atoms with Gasteiger partial charge in [0.1, 0.15) is 6.23 Å². The number of fused-ring (bicyclic) bond motifs is 1. The monoisotopic (exact) mass is 620 g/mol. The largest absolute Gasteiger partial charge is 0.396 e. The zero-order chi connectivity index (χ0) is 18.9. The van der Waals surface area contributed by atoms with Crippen LogP contribution in [0.4, 0.5) is 5.69 Å². The molecule has 0 spiro atoms. The van der Waals surface area contributed by atoms with Gasteiger partial charge in [-0.2, -0.15) is 0 Å². The van der Waals surface area contributed by atoms with Crippen molar-refractivity contribution >= 4 is 5.69 Å². The predicted molar refractivity (Wildman–Crippen MR) is 94.2 cm³/mol. The summed E-state index contributed by atoms with van der Waals surface area (Å²) in [6.07, 6.45) is -1.30. The first-order valence-corrected chi connectivity index (χ1v) is 8.87. The van der Waals surface area contributed by atoms with Crippen molar-refractivity contribution in [3.63, 3.8) is 0 Å². The van der Waals surface area contributed by atoms with Gasteiger partial charge in [-0.15, -0.1) is 0 Å². The third kappa shape index (κ3) is 6.44. The average Bonchev–Trinajstić information content (AvgIpc) is 3.26. The van der Waals surface area contributed by atoms with Crippen molar-refractivity contribution in [3.8, 4) is 0 Å².